The molecule has 0 saturated heterocycles. The summed E-state index contributed by atoms with van der Waals surface area (Å²) in [5.41, 5.74) is 2.82. The zero-order valence-electron chi connectivity index (χ0n) is 11.7. The first-order chi connectivity index (χ1) is 10.1. The summed E-state index contributed by atoms with van der Waals surface area (Å²) < 4.78 is 34.0. The Kier molecular flexibility index (Phi) is 3.79. The summed E-state index contributed by atoms with van der Waals surface area (Å²) in [6.45, 7) is 0.779. The van der Waals surface area contributed by atoms with Crippen LogP contribution in [0.1, 0.15) is 22.9 Å². The van der Waals surface area contributed by atoms with Gasteiger partial charge in [-0.1, -0.05) is 24.3 Å². The van der Waals surface area contributed by atoms with Crippen LogP contribution in [0, 0.1) is 0 Å². The van der Waals surface area contributed by atoms with Crippen molar-refractivity contribution < 1.29 is 13.2 Å². The van der Waals surface area contributed by atoms with Gasteiger partial charge in [0.2, 0.25) is 10.0 Å². The molecule has 7 heteroatoms. The van der Waals surface area contributed by atoms with E-state index in [-0.39, 0.29) is 18.4 Å². The van der Waals surface area contributed by atoms with E-state index >= 15 is 0 Å². The second kappa shape index (κ2) is 5.59. The first kappa shape index (κ1) is 14.2. The highest BCUT2D eigenvalue weighted by molar-refractivity contribution is 7.88. The van der Waals surface area contributed by atoms with E-state index in [0.717, 1.165) is 11.1 Å². The topological polar surface area (TPSA) is 73.2 Å². The van der Waals surface area contributed by atoms with Gasteiger partial charge in [-0.25, -0.2) is 13.1 Å². The molecule has 1 atom stereocenters. The Morgan fingerprint density at radius 1 is 1.38 bits per heavy atom. The fourth-order valence-electron chi connectivity index (χ4n) is 2.42. The summed E-state index contributed by atoms with van der Waals surface area (Å²) in [7, 11) is -1.68. The van der Waals surface area contributed by atoms with Crippen LogP contribution in [-0.2, 0) is 34.2 Å². The van der Waals surface area contributed by atoms with E-state index < -0.39 is 10.0 Å². The van der Waals surface area contributed by atoms with Gasteiger partial charge < -0.3 is 4.74 Å². The summed E-state index contributed by atoms with van der Waals surface area (Å²) in [6.07, 6.45) is 1.36. The molecule has 1 aromatic heterocycles. The predicted octanol–water partition coefficient (Wildman–Crippen LogP) is 1.11. The molecule has 0 bridgehead atoms. The van der Waals surface area contributed by atoms with Gasteiger partial charge in [-0.05, 0) is 17.2 Å². The molecule has 2 heterocycles. The smallest absolute Gasteiger partial charge is 0.217 e. The minimum Gasteiger partial charge on any atom is -0.367 e. The third-order valence-corrected chi connectivity index (χ3v) is 4.87. The van der Waals surface area contributed by atoms with Crippen molar-refractivity contribution in [2.24, 2.45) is 7.05 Å². The second-order valence-corrected chi connectivity index (χ2v) is 6.86. The average molecular weight is 307 g/mol. The highest BCUT2D eigenvalue weighted by atomic mass is 32.2. The average Bonchev–Trinajstić information content (AvgIpc) is 3.04. The maximum absolute atomic E-state index is 12.1. The Bertz CT molecular complexity index is 739. The zero-order chi connectivity index (χ0) is 14.9. The van der Waals surface area contributed by atoms with Gasteiger partial charge in [-0.15, -0.1) is 0 Å². The summed E-state index contributed by atoms with van der Waals surface area (Å²) >= 11 is 0. The minimum atomic E-state index is -3.41. The number of sulfonamides is 1. The van der Waals surface area contributed by atoms with Gasteiger partial charge in [0.05, 0.1) is 18.4 Å². The number of aryl methyl sites for hydroxylation is 1. The molecule has 1 aromatic carbocycles. The predicted molar refractivity (Wildman–Crippen MR) is 77.8 cm³/mol. The van der Waals surface area contributed by atoms with Crippen LogP contribution in [0.4, 0.5) is 0 Å². The molecule has 2 aromatic rings. The van der Waals surface area contributed by atoms with E-state index in [1.807, 2.05) is 24.3 Å². The molecular weight excluding hydrogens is 290 g/mol. The number of nitrogens with zero attached hydrogens (tertiary/aromatic N) is 2. The zero-order valence-corrected chi connectivity index (χ0v) is 12.5. The highest BCUT2D eigenvalue weighted by Gasteiger charge is 2.24. The number of fused-ring (bicyclic) bond motifs is 1. The van der Waals surface area contributed by atoms with Crippen molar-refractivity contribution in [3.63, 3.8) is 0 Å². The number of nitrogens with one attached hydrogen (secondary N) is 1. The third-order valence-electron chi connectivity index (χ3n) is 3.59. The summed E-state index contributed by atoms with van der Waals surface area (Å²) in [5, 5.41) is 3.97. The van der Waals surface area contributed by atoms with Crippen molar-refractivity contribution in [1.29, 1.82) is 0 Å². The Hall–Kier alpha value is -1.70. The van der Waals surface area contributed by atoms with Crippen LogP contribution in [-0.4, -0.2) is 24.7 Å². The molecule has 0 amide bonds. The van der Waals surface area contributed by atoms with E-state index in [0.29, 0.717) is 12.3 Å². The van der Waals surface area contributed by atoms with E-state index in [4.69, 9.17) is 4.74 Å². The molecule has 3 rings (SSSR count). The van der Waals surface area contributed by atoms with Gasteiger partial charge in [0, 0.05) is 19.8 Å². The second-order valence-electron chi connectivity index (χ2n) is 5.05. The molecule has 112 valence electrons. The number of benzene rings is 1. The van der Waals surface area contributed by atoms with E-state index in [2.05, 4.69) is 9.82 Å². The van der Waals surface area contributed by atoms with Crippen molar-refractivity contribution in [2.45, 2.75) is 18.5 Å². The lowest BCUT2D eigenvalue weighted by Gasteiger charge is -2.13. The number of hydrogen-bond donors (Lipinski definition) is 1. The number of rotatable bonds is 5. The maximum Gasteiger partial charge on any atom is 0.217 e. The maximum atomic E-state index is 12.1. The Morgan fingerprint density at radius 2 is 2.19 bits per heavy atom. The first-order valence-electron chi connectivity index (χ1n) is 6.69. The van der Waals surface area contributed by atoms with E-state index in [1.165, 1.54) is 0 Å². The van der Waals surface area contributed by atoms with Gasteiger partial charge in [-0.3, -0.25) is 4.68 Å². The standard InChI is InChI=1S/C14H17N3O3S/c1-17-12(6-7-15-17)10-21(18,19)16-8-14-13-5-3-2-4-11(13)9-20-14/h2-7,14,16H,8-10H2,1H3. The lowest BCUT2D eigenvalue weighted by Crippen LogP contribution is -2.30. The van der Waals surface area contributed by atoms with Crippen LogP contribution in [0.2, 0.25) is 0 Å². The molecule has 0 fully saturated rings. The fourth-order valence-corrected chi connectivity index (χ4v) is 3.60. The number of ether oxygens (including phenoxy) is 1. The van der Waals surface area contributed by atoms with Crippen LogP contribution in [0.3, 0.4) is 0 Å². The first-order valence-corrected chi connectivity index (χ1v) is 8.34. The molecule has 1 unspecified atom stereocenters. The van der Waals surface area contributed by atoms with Crippen molar-refractivity contribution >= 4 is 10.0 Å². The van der Waals surface area contributed by atoms with E-state index in [9.17, 15) is 8.42 Å². The van der Waals surface area contributed by atoms with Crippen molar-refractivity contribution in [1.82, 2.24) is 14.5 Å². The molecule has 0 radical (unpaired) electrons. The molecular formula is C14H17N3O3S. The molecule has 0 saturated carbocycles. The van der Waals surface area contributed by atoms with Crippen LogP contribution >= 0.6 is 0 Å². The molecule has 6 nitrogen and oxygen atoms in total. The van der Waals surface area contributed by atoms with Gasteiger partial charge in [0.15, 0.2) is 0 Å². The summed E-state index contributed by atoms with van der Waals surface area (Å²) in [5.74, 6) is -0.0854. The van der Waals surface area contributed by atoms with E-state index in [1.54, 1.807) is 24.0 Å². The van der Waals surface area contributed by atoms with Gasteiger partial charge in [0.25, 0.3) is 0 Å². The SMILES string of the molecule is Cn1nccc1CS(=O)(=O)NCC1OCc2ccccc21. The minimum absolute atomic E-state index is 0.0854. The fraction of sp³-hybridized carbons (Fsp3) is 0.357. The van der Waals surface area contributed by atoms with Crippen LogP contribution in [0.15, 0.2) is 36.5 Å². The lowest BCUT2D eigenvalue weighted by molar-refractivity contribution is 0.0698. The van der Waals surface area contributed by atoms with Crippen molar-refractivity contribution in [3.8, 4) is 0 Å². The molecule has 21 heavy (non-hydrogen) atoms. The Morgan fingerprint density at radius 3 is 2.95 bits per heavy atom. The Labute approximate surface area is 123 Å². The van der Waals surface area contributed by atoms with Gasteiger partial charge in [0.1, 0.15) is 5.75 Å². The molecule has 0 aliphatic carbocycles. The molecule has 1 aliphatic heterocycles. The van der Waals surface area contributed by atoms with Crippen molar-refractivity contribution in [2.75, 3.05) is 6.54 Å². The van der Waals surface area contributed by atoms with Crippen molar-refractivity contribution in [3.05, 3.63) is 53.3 Å². The Balaban J connectivity index is 1.64. The molecule has 1 N–H and O–H groups in total. The highest BCUT2D eigenvalue weighted by Crippen LogP contribution is 2.29. The van der Waals surface area contributed by atoms with Crippen LogP contribution < -0.4 is 4.72 Å². The monoisotopic (exact) mass is 307 g/mol. The van der Waals surface area contributed by atoms with Gasteiger partial charge in [-0.2, -0.15) is 5.10 Å². The third kappa shape index (κ3) is 3.15. The normalized spacial score (nSPS) is 17.9. The summed E-state index contributed by atoms with van der Waals surface area (Å²) in [4.78, 5) is 0. The summed E-state index contributed by atoms with van der Waals surface area (Å²) in [6, 6.07) is 9.56. The quantitative estimate of drug-likeness (QED) is 0.898. The molecule has 0 spiro atoms. The number of hydrogen-bond acceptors (Lipinski definition) is 4. The lowest BCUT2D eigenvalue weighted by atomic mass is 10.1. The van der Waals surface area contributed by atoms with Gasteiger partial charge >= 0.3 is 0 Å². The largest absolute Gasteiger partial charge is 0.367 e. The van der Waals surface area contributed by atoms with Crippen LogP contribution in [0.25, 0.3) is 0 Å². The molecule has 1 aliphatic rings. The number of aromatic nitrogens is 2. The van der Waals surface area contributed by atoms with Crippen LogP contribution in [0.5, 0.6) is 0 Å².